The van der Waals surface area contributed by atoms with Crippen molar-refractivity contribution in [3.8, 4) is 0 Å². The number of likely N-dealkylation sites (tertiary alicyclic amines) is 1. The molecule has 1 saturated carbocycles. The first-order valence-corrected chi connectivity index (χ1v) is 9.22. The van der Waals surface area contributed by atoms with Crippen LogP contribution >= 0.6 is 0 Å². The Morgan fingerprint density at radius 3 is 2.63 bits per heavy atom. The number of amides is 2. The van der Waals surface area contributed by atoms with Crippen molar-refractivity contribution in [2.24, 2.45) is 5.92 Å². The van der Waals surface area contributed by atoms with Crippen molar-refractivity contribution in [3.05, 3.63) is 30.0 Å². The third kappa shape index (κ3) is 3.28. The van der Waals surface area contributed by atoms with E-state index in [0.29, 0.717) is 38.4 Å². The molecule has 2 amide bonds. The number of carbonyl (C=O) groups is 2. The topological polar surface area (TPSA) is 78.1 Å². The van der Waals surface area contributed by atoms with Crippen LogP contribution in [-0.4, -0.2) is 51.5 Å². The molecule has 0 bridgehead atoms. The lowest BCUT2D eigenvalue weighted by Crippen LogP contribution is -2.51. The van der Waals surface area contributed by atoms with Gasteiger partial charge in [-0.25, -0.2) is 0 Å². The van der Waals surface area contributed by atoms with Crippen LogP contribution < -0.4 is 5.32 Å². The monoisotopic (exact) mass is 376 g/mol. The fraction of sp³-hybridized carbons (Fsp3) is 0.526. The highest BCUT2D eigenvalue weighted by Crippen LogP contribution is 2.47. The maximum absolute atomic E-state index is 13.2. The van der Waals surface area contributed by atoms with Gasteiger partial charge < -0.3 is 10.2 Å². The van der Waals surface area contributed by atoms with Gasteiger partial charge in [-0.05, 0) is 43.7 Å². The third-order valence-electron chi connectivity index (χ3n) is 5.82. The maximum atomic E-state index is 13.2. The Morgan fingerprint density at radius 1 is 1.30 bits per heavy atom. The van der Waals surface area contributed by atoms with Gasteiger partial charge >= 0.3 is 5.92 Å². The largest absolute Gasteiger partial charge is 0.346 e. The Morgan fingerprint density at radius 2 is 2.00 bits per heavy atom. The van der Waals surface area contributed by atoms with E-state index in [1.165, 1.54) is 4.90 Å². The molecule has 2 aromatic rings. The molecule has 2 N–H and O–H groups in total. The highest BCUT2D eigenvalue weighted by Gasteiger charge is 2.51. The highest BCUT2D eigenvalue weighted by atomic mass is 19.3. The van der Waals surface area contributed by atoms with E-state index in [2.05, 4.69) is 15.5 Å². The zero-order valence-corrected chi connectivity index (χ0v) is 15.1. The van der Waals surface area contributed by atoms with Crippen molar-refractivity contribution in [3.63, 3.8) is 0 Å². The van der Waals surface area contributed by atoms with Crippen LogP contribution in [0.15, 0.2) is 24.4 Å². The molecular formula is C19H22F2N4O2. The molecule has 144 valence electrons. The predicted molar refractivity (Wildman–Crippen MR) is 95.4 cm³/mol. The first kappa shape index (κ1) is 17.9. The van der Waals surface area contributed by atoms with Gasteiger partial charge in [-0.2, -0.15) is 13.9 Å². The second-order valence-corrected chi connectivity index (χ2v) is 7.70. The number of nitrogens with zero attached hydrogens (tertiary/aromatic N) is 2. The minimum absolute atomic E-state index is 0.141. The Hall–Kier alpha value is -2.51. The Kier molecular flexibility index (Phi) is 4.16. The number of aromatic amines is 1. The van der Waals surface area contributed by atoms with Gasteiger partial charge in [-0.15, -0.1) is 0 Å². The summed E-state index contributed by atoms with van der Waals surface area (Å²) in [7, 11) is 0. The summed E-state index contributed by atoms with van der Waals surface area (Å²) in [6, 6.07) is 5.44. The standard InChI is InChI=1S/C19H22F2N4O2/c1-18(20,21)17(27)25-9-5-12(6-10-25)19(7-8-19)23-16(26)13-3-2-4-15-14(13)11-22-24-15/h2-4,11-12H,5-10H2,1H3,(H,22,24)(H,23,26). The molecule has 6 nitrogen and oxygen atoms in total. The molecule has 1 aliphatic carbocycles. The number of carbonyl (C=O) groups excluding carboxylic acids is 2. The molecule has 1 aliphatic heterocycles. The van der Waals surface area contributed by atoms with E-state index in [9.17, 15) is 18.4 Å². The van der Waals surface area contributed by atoms with Crippen molar-refractivity contribution in [2.45, 2.75) is 44.1 Å². The zero-order chi connectivity index (χ0) is 19.2. The molecule has 0 atom stereocenters. The molecule has 8 heteroatoms. The molecule has 1 aromatic heterocycles. The van der Waals surface area contributed by atoms with Crippen molar-refractivity contribution in [1.82, 2.24) is 20.4 Å². The number of piperidine rings is 1. The molecule has 1 aromatic carbocycles. The number of fused-ring (bicyclic) bond motifs is 1. The molecule has 2 aliphatic rings. The first-order chi connectivity index (χ1) is 12.8. The van der Waals surface area contributed by atoms with E-state index >= 15 is 0 Å². The van der Waals surface area contributed by atoms with Crippen LogP contribution in [0.3, 0.4) is 0 Å². The molecular weight excluding hydrogens is 354 g/mol. The van der Waals surface area contributed by atoms with E-state index in [1.54, 1.807) is 12.3 Å². The Labute approximate surface area is 155 Å². The van der Waals surface area contributed by atoms with Crippen molar-refractivity contribution in [1.29, 1.82) is 0 Å². The van der Waals surface area contributed by atoms with Gasteiger partial charge in [0.2, 0.25) is 0 Å². The van der Waals surface area contributed by atoms with Crippen LogP contribution in [0.4, 0.5) is 8.78 Å². The van der Waals surface area contributed by atoms with Crippen LogP contribution in [0, 0.1) is 5.92 Å². The summed E-state index contributed by atoms with van der Waals surface area (Å²) in [5, 5.41) is 10.8. The summed E-state index contributed by atoms with van der Waals surface area (Å²) in [4.78, 5) is 25.8. The predicted octanol–water partition coefficient (Wildman–Crippen LogP) is 2.72. The van der Waals surface area contributed by atoms with E-state index < -0.39 is 11.8 Å². The summed E-state index contributed by atoms with van der Waals surface area (Å²) in [6.07, 6.45) is 4.64. The van der Waals surface area contributed by atoms with Crippen LogP contribution in [0.25, 0.3) is 10.9 Å². The van der Waals surface area contributed by atoms with Crippen LogP contribution in [0.2, 0.25) is 0 Å². The SMILES string of the molecule is CC(F)(F)C(=O)N1CCC(C2(NC(=O)c3cccc4[nH]ncc34)CC2)CC1. The zero-order valence-electron chi connectivity index (χ0n) is 15.1. The quantitative estimate of drug-likeness (QED) is 0.861. The molecule has 0 spiro atoms. The summed E-state index contributed by atoms with van der Waals surface area (Å²) in [5.74, 6) is -4.39. The molecule has 2 fully saturated rings. The number of nitrogens with one attached hydrogen (secondary N) is 2. The summed E-state index contributed by atoms with van der Waals surface area (Å²) in [6.45, 7) is 1.25. The molecule has 0 unspecified atom stereocenters. The average molecular weight is 376 g/mol. The lowest BCUT2D eigenvalue weighted by atomic mass is 9.86. The average Bonchev–Trinajstić information content (AvgIpc) is 3.25. The van der Waals surface area contributed by atoms with E-state index in [1.807, 2.05) is 12.1 Å². The van der Waals surface area contributed by atoms with Crippen molar-refractivity contribution in [2.75, 3.05) is 13.1 Å². The van der Waals surface area contributed by atoms with Gasteiger partial charge in [0.25, 0.3) is 11.8 Å². The first-order valence-electron chi connectivity index (χ1n) is 9.22. The molecule has 2 heterocycles. The van der Waals surface area contributed by atoms with Crippen LogP contribution in [0.1, 0.15) is 43.0 Å². The van der Waals surface area contributed by atoms with E-state index in [4.69, 9.17) is 0 Å². The summed E-state index contributed by atoms with van der Waals surface area (Å²) < 4.78 is 26.5. The maximum Gasteiger partial charge on any atom is 0.322 e. The minimum Gasteiger partial charge on any atom is -0.346 e. The second kappa shape index (κ2) is 6.28. The van der Waals surface area contributed by atoms with Gasteiger partial charge in [0, 0.05) is 30.9 Å². The number of benzene rings is 1. The van der Waals surface area contributed by atoms with Crippen molar-refractivity contribution >= 4 is 22.7 Å². The molecule has 1 saturated heterocycles. The van der Waals surface area contributed by atoms with Crippen molar-refractivity contribution < 1.29 is 18.4 Å². The number of hydrogen-bond acceptors (Lipinski definition) is 3. The van der Waals surface area contributed by atoms with Gasteiger partial charge in [0.05, 0.1) is 17.3 Å². The number of rotatable bonds is 4. The molecule has 4 rings (SSSR count). The third-order valence-corrected chi connectivity index (χ3v) is 5.82. The minimum atomic E-state index is -3.33. The van der Waals surface area contributed by atoms with Crippen LogP contribution in [0.5, 0.6) is 0 Å². The van der Waals surface area contributed by atoms with Gasteiger partial charge in [-0.3, -0.25) is 14.7 Å². The van der Waals surface area contributed by atoms with Gasteiger partial charge in [0.15, 0.2) is 0 Å². The normalized spacial score (nSPS) is 19.9. The van der Waals surface area contributed by atoms with E-state index in [0.717, 1.165) is 23.7 Å². The van der Waals surface area contributed by atoms with Gasteiger partial charge in [-0.1, -0.05) is 6.07 Å². The molecule has 0 radical (unpaired) electrons. The number of alkyl halides is 2. The number of H-pyrrole nitrogens is 1. The highest BCUT2D eigenvalue weighted by molar-refractivity contribution is 6.06. The second-order valence-electron chi connectivity index (χ2n) is 7.70. The smallest absolute Gasteiger partial charge is 0.322 e. The van der Waals surface area contributed by atoms with Crippen LogP contribution in [-0.2, 0) is 4.79 Å². The summed E-state index contributed by atoms with van der Waals surface area (Å²) >= 11 is 0. The van der Waals surface area contributed by atoms with Gasteiger partial charge in [0.1, 0.15) is 0 Å². The summed E-state index contributed by atoms with van der Waals surface area (Å²) in [5.41, 5.74) is 1.10. The molecule has 27 heavy (non-hydrogen) atoms. The lowest BCUT2D eigenvalue weighted by Gasteiger charge is -2.37. The lowest BCUT2D eigenvalue weighted by molar-refractivity contribution is -0.156. The number of halogens is 2. The number of hydrogen-bond donors (Lipinski definition) is 2. The Bertz CT molecular complexity index is 877. The Balaban J connectivity index is 1.42. The fourth-order valence-corrected chi connectivity index (χ4v) is 4.14. The van der Waals surface area contributed by atoms with E-state index in [-0.39, 0.29) is 17.4 Å². The number of aromatic nitrogens is 2. The fourth-order valence-electron chi connectivity index (χ4n) is 4.14.